The number of amides is 1. The summed E-state index contributed by atoms with van der Waals surface area (Å²) < 4.78 is 3.60. The lowest BCUT2D eigenvalue weighted by Gasteiger charge is -2.21. The molecule has 3 aromatic heterocycles. The molecular weight excluding hydrogens is 516 g/mol. The number of likely N-dealkylation sites (N-methyl/N-ethyl adjacent to an activating group) is 1. The van der Waals surface area contributed by atoms with Gasteiger partial charge in [-0.2, -0.15) is 0 Å². The quantitative estimate of drug-likeness (QED) is 0.313. The molecule has 0 bridgehead atoms. The Morgan fingerprint density at radius 2 is 1.84 bits per heavy atom. The SMILES string of the molecule is CC(Cc1ccccc1)NC(=O)CSc1nnc2n(-c3ccccc3)c(=O)c3c4c(sc3n12)CN(C)CC4. The van der Waals surface area contributed by atoms with Crippen molar-refractivity contribution in [2.24, 2.45) is 0 Å². The first kappa shape index (κ1) is 24.8. The van der Waals surface area contributed by atoms with E-state index in [4.69, 9.17) is 0 Å². The molecule has 0 aliphatic carbocycles. The molecule has 0 saturated heterocycles. The minimum Gasteiger partial charge on any atom is -0.353 e. The molecule has 8 nitrogen and oxygen atoms in total. The van der Waals surface area contributed by atoms with E-state index in [-0.39, 0.29) is 23.3 Å². The van der Waals surface area contributed by atoms with Crippen molar-refractivity contribution in [2.75, 3.05) is 19.3 Å². The van der Waals surface area contributed by atoms with Crippen LogP contribution in [0.2, 0.25) is 0 Å². The highest BCUT2D eigenvalue weighted by atomic mass is 32.2. The first-order valence-electron chi connectivity index (χ1n) is 12.6. The lowest BCUT2D eigenvalue weighted by atomic mass is 10.1. The second-order valence-corrected chi connectivity index (χ2v) is 11.7. The summed E-state index contributed by atoms with van der Waals surface area (Å²) in [4.78, 5) is 31.1. The van der Waals surface area contributed by atoms with Crippen molar-refractivity contribution < 1.29 is 4.79 Å². The van der Waals surface area contributed by atoms with E-state index in [0.717, 1.165) is 47.4 Å². The second-order valence-electron chi connectivity index (χ2n) is 9.71. The van der Waals surface area contributed by atoms with E-state index in [1.165, 1.54) is 22.2 Å². The van der Waals surface area contributed by atoms with Crippen LogP contribution in [0.25, 0.3) is 21.7 Å². The van der Waals surface area contributed by atoms with E-state index in [0.29, 0.717) is 10.9 Å². The zero-order valence-corrected chi connectivity index (χ0v) is 22.9. The largest absolute Gasteiger partial charge is 0.353 e. The van der Waals surface area contributed by atoms with Crippen LogP contribution in [0.1, 0.15) is 22.9 Å². The predicted molar refractivity (Wildman–Crippen MR) is 152 cm³/mol. The number of aromatic nitrogens is 4. The third-order valence-corrected chi connectivity index (χ3v) is 8.94. The number of nitrogens with one attached hydrogen (secondary N) is 1. The van der Waals surface area contributed by atoms with Crippen LogP contribution < -0.4 is 10.9 Å². The van der Waals surface area contributed by atoms with Gasteiger partial charge in [-0.15, -0.1) is 21.5 Å². The van der Waals surface area contributed by atoms with Crippen molar-refractivity contribution in [1.29, 1.82) is 0 Å². The van der Waals surface area contributed by atoms with Crippen LogP contribution in [0.15, 0.2) is 70.6 Å². The van der Waals surface area contributed by atoms with E-state index in [1.54, 1.807) is 15.9 Å². The molecule has 38 heavy (non-hydrogen) atoms. The molecular formula is C28H28N6O2S2. The summed E-state index contributed by atoms with van der Waals surface area (Å²) in [7, 11) is 2.10. The molecule has 0 radical (unpaired) electrons. The van der Waals surface area contributed by atoms with Crippen molar-refractivity contribution in [3.63, 3.8) is 0 Å². The van der Waals surface area contributed by atoms with Gasteiger partial charge in [0.25, 0.3) is 5.56 Å². The molecule has 5 aromatic rings. The van der Waals surface area contributed by atoms with Gasteiger partial charge in [0.2, 0.25) is 11.7 Å². The number of para-hydroxylation sites is 1. The lowest BCUT2D eigenvalue weighted by Crippen LogP contribution is -2.35. The Morgan fingerprint density at radius 1 is 1.11 bits per heavy atom. The Morgan fingerprint density at radius 3 is 2.61 bits per heavy atom. The van der Waals surface area contributed by atoms with Gasteiger partial charge in [-0.25, -0.2) is 8.97 Å². The second kappa shape index (κ2) is 10.4. The Labute approximate surface area is 228 Å². The van der Waals surface area contributed by atoms with Crippen LogP contribution in [-0.2, 0) is 24.2 Å². The Kier molecular flexibility index (Phi) is 6.77. The molecule has 1 aliphatic rings. The van der Waals surface area contributed by atoms with Gasteiger partial charge in [0, 0.05) is 24.0 Å². The van der Waals surface area contributed by atoms with Gasteiger partial charge in [-0.05, 0) is 50.1 Å². The molecule has 194 valence electrons. The minimum absolute atomic E-state index is 0.0108. The maximum absolute atomic E-state index is 13.9. The minimum atomic E-state index is -0.0721. The fourth-order valence-electron chi connectivity index (χ4n) is 5.05. The first-order valence-corrected chi connectivity index (χ1v) is 14.4. The van der Waals surface area contributed by atoms with E-state index < -0.39 is 0 Å². The van der Waals surface area contributed by atoms with E-state index in [9.17, 15) is 9.59 Å². The Balaban J connectivity index is 1.35. The lowest BCUT2D eigenvalue weighted by molar-refractivity contribution is -0.119. The van der Waals surface area contributed by atoms with Crippen molar-refractivity contribution in [1.82, 2.24) is 29.4 Å². The average Bonchev–Trinajstić information content (AvgIpc) is 3.50. The fraction of sp³-hybridized carbons (Fsp3) is 0.286. The molecule has 0 saturated carbocycles. The molecule has 1 N–H and O–H groups in total. The van der Waals surface area contributed by atoms with Gasteiger partial charge in [-0.1, -0.05) is 60.3 Å². The number of rotatable bonds is 7. The van der Waals surface area contributed by atoms with Gasteiger partial charge in [-0.3, -0.25) is 9.59 Å². The third kappa shape index (κ3) is 4.63. The summed E-state index contributed by atoms with van der Waals surface area (Å²) in [6.07, 6.45) is 1.60. The zero-order chi connectivity index (χ0) is 26.2. The van der Waals surface area contributed by atoms with Gasteiger partial charge in [0.15, 0.2) is 5.16 Å². The van der Waals surface area contributed by atoms with Crippen LogP contribution >= 0.6 is 23.1 Å². The van der Waals surface area contributed by atoms with Gasteiger partial charge in [0.1, 0.15) is 4.83 Å². The number of thiophene rings is 1. The summed E-state index contributed by atoms with van der Waals surface area (Å²) >= 11 is 2.97. The molecule has 1 atom stereocenters. The highest BCUT2D eigenvalue weighted by Gasteiger charge is 2.27. The summed E-state index contributed by atoms with van der Waals surface area (Å²) in [6.45, 7) is 3.73. The normalized spacial score (nSPS) is 14.6. The molecule has 6 rings (SSSR count). The number of hydrogen-bond donors (Lipinski definition) is 1. The smallest absolute Gasteiger partial charge is 0.268 e. The van der Waals surface area contributed by atoms with Crippen molar-refractivity contribution in [3.05, 3.63) is 87.0 Å². The average molecular weight is 545 g/mol. The monoisotopic (exact) mass is 544 g/mol. The molecule has 0 fully saturated rings. The number of nitrogens with zero attached hydrogens (tertiary/aromatic N) is 5. The van der Waals surface area contributed by atoms with Gasteiger partial charge < -0.3 is 10.2 Å². The van der Waals surface area contributed by atoms with Crippen LogP contribution in [0.5, 0.6) is 0 Å². The number of thioether (sulfide) groups is 1. The molecule has 1 aliphatic heterocycles. The van der Waals surface area contributed by atoms with Gasteiger partial charge >= 0.3 is 0 Å². The van der Waals surface area contributed by atoms with Crippen LogP contribution in [0.4, 0.5) is 0 Å². The Bertz CT molecular complexity index is 1680. The van der Waals surface area contributed by atoms with Crippen LogP contribution in [0, 0.1) is 0 Å². The third-order valence-electron chi connectivity index (χ3n) is 6.80. The number of fused-ring (bicyclic) bond motifs is 5. The molecule has 1 amide bonds. The summed E-state index contributed by atoms with van der Waals surface area (Å²) in [6, 6.07) is 19.7. The van der Waals surface area contributed by atoms with E-state index >= 15 is 0 Å². The summed E-state index contributed by atoms with van der Waals surface area (Å²) in [5.41, 5.74) is 2.98. The standard InChI is InChI=1S/C28H28N6O2S2/c1-18(15-19-9-5-3-6-10-19)29-23(35)17-37-28-31-30-27-33(20-11-7-4-8-12-20)25(36)24-21-13-14-32(2)16-22(21)38-26(24)34(27)28/h3-12,18H,13-17H2,1-2H3,(H,29,35). The number of carbonyl (C=O) groups excluding carboxylic acids is 1. The molecule has 4 heterocycles. The molecule has 10 heteroatoms. The fourth-order valence-corrected chi connectivity index (χ4v) is 7.27. The maximum atomic E-state index is 13.9. The topological polar surface area (TPSA) is 84.5 Å². The van der Waals surface area contributed by atoms with Crippen molar-refractivity contribution in [2.45, 2.75) is 37.5 Å². The highest BCUT2D eigenvalue weighted by molar-refractivity contribution is 7.99. The Hall–Kier alpha value is -3.47. The first-order chi connectivity index (χ1) is 18.5. The van der Waals surface area contributed by atoms with Crippen molar-refractivity contribution in [3.8, 4) is 5.69 Å². The molecule has 0 spiro atoms. The predicted octanol–water partition coefficient (Wildman–Crippen LogP) is 3.92. The summed E-state index contributed by atoms with van der Waals surface area (Å²) in [5.74, 6) is 0.607. The maximum Gasteiger partial charge on any atom is 0.268 e. The number of carbonyl (C=O) groups is 1. The van der Waals surface area contributed by atoms with Crippen LogP contribution in [-0.4, -0.2) is 55.4 Å². The van der Waals surface area contributed by atoms with Crippen LogP contribution in [0.3, 0.4) is 0 Å². The summed E-state index contributed by atoms with van der Waals surface area (Å²) in [5, 5.41) is 13.3. The molecule has 2 aromatic carbocycles. The molecule has 1 unspecified atom stereocenters. The van der Waals surface area contributed by atoms with Crippen molar-refractivity contribution >= 4 is 45.0 Å². The van der Waals surface area contributed by atoms with Gasteiger partial charge in [0.05, 0.1) is 16.8 Å². The van der Waals surface area contributed by atoms with E-state index in [1.807, 2.05) is 59.9 Å². The zero-order valence-electron chi connectivity index (χ0n) is 21.3. The van der Waals surface area contributed by atoms with E-state index in [2.05, 4.69) is 39.6 Å². The number of benzene rings is 2. The number of hydrogen-bond acceptors (Lipinski definition) is 7. The highest BCUT2D eigenvalue weighted by Crippen LogP contribution is 2.35.